The molecule has 1 aromatic heterocycles. The number of Topliss-reactive ketones (excluding diaryl/α,β-unsaturated/α-hetero) is 1. The van der Waals surface area contributed by atoms with Crippen LogP contribution in [-0.2, 0) is 6.42 Å². The van der Waals surface area contributed by atoms with Gasteiger partial charge in [-0.3, -0.25) is 4.79 Å². The topological polar surface area (TPSA) is 76.1 Å². The number of carbonyl (C=O) groups excluding carboxylic acids is 1. The van der Waals surface area contributed by atoms with E-state index in [9.17, 15) is 4.79 Å². The summed E-state index contributed by atoms with van der Waals surface area (Å²) in [6.45, 7) is 4.21. The molecule has 0 unspecified atom stereocenters. The Morgan fingerprint density at radius 1 is 1.04 bits per heavy atom. The molecule has 6 heteroatoms. The molecule has 144 valence electrons. The first kappa shape index (κ1) is 19.4. The minimum atomic E-state index is 0.0489. The van der Waals surface area contributed by atoms with Crippen molar-refractivity contribution in [2.24, 2.45) is 0 Å². The molecule has 3 rings (SSSR count). The van der Waals surface area contributed by atoms with E-state index in [1.807, 2.05) is 37.3 Å². The van der Waals surface area contributed by atoms with E-state index >= 15 is 0 Å². The predicted octanol–water partition coefficient (Wildman–Crippen LogP) is 4.39. The first-order chi connectivity index (χ1) is 13.5. The van der Waals surface area contributed by atoms with E-state index in [1.165, 1.54) is 5.56 Å². The van der Waals surface area contributed by atoms with E-state index in [-0.39, 0.29) is 5.78 Å². The number of benzene rings is 2. The van der Waals surface area contributed by atoms with Gasteiger partial charge in [-0.1, -0.05) is 12.1 Å². The lowest BCUT2D eigenvalue weighted by Gasteiger charge is -2.10. The fraction of sp³-hybridized carbons (Fsp3) is 0.227. The lowest BCUT2D eigenvalue weighted by Crippen LogP contribution is -2.09. The number of rotatable bonds is 8. The normalized spacial score (nSPS) is 10.4. The lowest BCUT2D eigenvalue weighted by atomic mass is 10.1. The van der Waals surface area contributed by atoms with Crippen molar-refractivity contribution in [3.63, 3.8) is 0 Å². The number of hydrogen-bond donors (Lipinski definition) is 2. The minimum absolute atomic E-state index is 0.0489. The molecule has 0 atom stereocenters. The van der Waals surface area contributed by atoms with Gasteiger partial charge in [-0.2, -0.15) is 4.98 Å². The van der Waals surface area contributed by atoms with Gasteiger partial charge in [0, 0.05) is 29.6 Å². The zero-order valence-electron chi connectivity index (χ0n) is 16.3. The number of carbonyl (C=O) groups is 1. The molecule has 0 saturated carbocycles. The maximum Gasteiger partial charge on any atom is 0.224 e. The second kappa shape index (κ2) is 8.99. The van der Waals surface area contributed by atoms with Crippen LogP contribution >= 0.6 is 0 Å². The Kier molecular flexibility index (Phi) is 6.22. The van der Waals surface area contributed by atoms with Crippen molar-refractivity contribution in [1.29, 1.82) is 0 Å². The molecule has 0 spiro atoms. The zero-order valence-corrected chi connectivity index (χ0v) is 16.3. The molecule has 0 radical (unpaired) electrons. The number of ketones is 1. The first-order valence-electron chi connectivity index (χ1n) is 9.14. The third-order valence-electron chi connectivity index (χ3n) is 4.27. The van der Waals surface area contributed by atoms with Crippen molar-refractivity contribution in [2.75, 3.05) is 24.3 Å². The average Bonchev–Trinajstić information content (AvgIpc) is 2.68. The summed E-state index contributed by atoms with van der Waals surface area (Å²) in [5.74, 6) is 2.19. The number of nitrogens with one attached hydrogen (secondary N) is 2. The van der Waals surface area contributed by atoms with Crippen molar-refractivity contribution < 1.29 is 9.53 Å². The molecule has 2 aromatic carbocycles. The molecule has 3 aromatic rings. The number of nitrogens with zero attached hydrogens (tertiary/aromatic N) is 2. The van der Waals surface area contributed by atoms with Crippen LogP contribution in [0.1, 0.15) is 28.5 Å². The monoisotopic (exact) mass is 376 g/mol. The van der Waals surface area contributed by atoms with Crippen molar-refractivity contribution in [1.82, 2.24) is 9.97 Å². The van der Waals surface area contributed by atoms with Gasteiger partial charge in [0.15, 0.2) is 5.78 Å². The van der Waals surface area contributed by atoms with Crippen LogP contribution in [-0.4, -0.2) is 29.4 Å². The maximum absolute atomic E-state index is 11.4. The van der Waals surface area contributed by atoms with Gasteiger partial charge in [-0.15, -0.1) is 0 Å². The largest absolute Gasteiger partial charge is 0.497 e. The molecule has 0 amide bonds. The zero-order chi connectivity index (χ0) is 19.9. The molecule has 28 heavy (non-hydrogen) atoms. The van der Waals surface area contributed by atoms with Gasteiger partial charge in [0.25, 0.3) is 0 Å². The van der Waals surface area contributed by atoms with E-state index in [0.29, 0.717) is 17.3 Å². The minimum Gasteiger partial charge on any atom is -0.497 e. The average molecular weight is 376 g/mol. The number of hydrogen-bond acceptors (Lipinski definition) is 6. The second-order valence-corrected chi connectivity index (χ2v) is 6.50. The van der Waals surface area contributed by atoms with Crippen LogP contribution in [0.4, 0.5) is 17.5 Å². The second-order valence-electron chi connectivity index (χ2n) is 6.50. The van der Waals surface area contributed by atoms with Crippen molar-refractivity contribution in [3.05, 3.63) is 71.4 Å². The smallest absolute Gasteiger partial charge is 0.224 e. The summed E-state index contributed by atoms with van der Waals surface area (Å²) < 4.78 is 5.18. The Hall–Kier alpha value is -3.41. The van der Waals surface area contributed by atoms with Gasteiger partial charge < -0.3 is 15.4 Å². The maximum atomic E-state index is 11.4. The number of aryl methyl sites for hydroxylation is 1. The van der Waals surface area contributed by atoms with Gasteiger partial charge in [0.1, 0.15) is 11.6 Å². The fourth-order valence-corrected chi connectivity index (χ4v) is 2.76. The Morgan fingerprint density at radius 3 is 2.39 bits per heavy atom. The number of methoxy groups -OCH3 is 1. The molecule has 0 saturated heterocycles. The summed E-state index contributed by atoms with van der Waals surface area (Å²) in [6.07, 6.45) is 0.858. The molecule has 1 heterocycles. The molecule has 0 aliphatic carbocycles. The summed E-state index contributed by atoms with van der Waals surface area (Å²) in [5.41, 5.74) is 3.63. The van der Waals surface area contributed by atoms with Gasteiger partial charge >= 0.3 is 0 Å². The Balaban J connectivity index is 1.61. The molecular formula is C22H24N4O2. The molecular weight excluding hydrogens is 352 g/mol. The van der Waals surface area contributed by atoms with Gasteiger partial charge in [0.2, 0.25) is 5.95 Å². The van der Waals surface area contributed by atoms with Crippen LogP contribution in [0, 0.1) is 6.92 Å². The van der Waals surface area contributed by atoms with E-state index in [4.69, 9.17) is 4.74 Å². The van der Waals surface area contributed by atoms with Crippen molar-refractivity contribution >= 4 is 23.2 Å². The predicted molar refractivity (Wildman–Crippen MR) is 112 cm³/mol. The van der Waals surface area contributed by atoms with Crippen LogP contribution in [0.2, 0.25) is 0 Å². The van der Waals surface area contributed by atoms with Gasteiger partial charge in [-0.25, -0.2) is 4.98 Å². The third-order valence-corrected chi connectivity index (χ3v) is 4.27. The summed E-state index contributed by atoms with van der Waals surface area (Å²) in [4.78, 5) is 20.4. The molecule has 0 fully saturated rings. The summed E-state index contributed by atoms with van der Waals surface area (Å²) in [7, 11) is 1.66. The van der Waals surface area contributed by atoms with Gasteiger partial charge in [-0.05, 0) is 62.2 Å². The van der Waals surface area contributed by atoms with Crippen molar-refractivity contribution in [2.45, 2.75) is 20.3 Å². The standard InChI is InChI=1S/C22H24N4O2/c1-15-14-21(25-19-8-6-18(7-9-19)16(2)27)26-22(24-15)23-13-12-17-4-10-20(28-3)11-5-17/h4-11,14H,12-13H2,1-3H3,(H2,23,24,25,26). The quantitative estimate of drug-likeness (QED) is 0.568. The van der Waals surface area contributed by atoms with Crippen molar-refractivity contribution in [3.8, 4) is 5.75 Å². The first-order valence-corrected chi connectivity index (χ1v) is 9.14. The highest BCUT2D eigenvalue weighted by atomic mass is 16.5. The molecule has 0 bridgehead atoms. The third kappa shape index (κ3) is 5.30. The van der Waals surface area contributed by atoms with E-state index in [2.05, 4.69) is 32.7 Å². The summed E-state index contributed by atoms with van der Waals surface area (Å²) >= 11 is 0. The number of aromatic nitrogens is 2. The van der Waals surface area contributed by atoms with Crippen LogP contribution in [0.3, 0.4) is 0 Å². The van der Waals surface area contributed by atoms with E-state index in [1.54, 1.807) is 26.2 Å². The van der Waals surface area contributed by atoms with E-state index in [0.717, 1.165) is 30.1 Å². The molecule has 0 aliphatic heterocycles. The highest BCUT2D eigenvalue weighted by Gasteiger charge is 2.04. The molecule has 0 aliphatic rings. The fourth-order valence-electron chi connectivity index (χ4n) is 2.76. The van der Waals surface area contributed by atoms with Crippen LogP contribution in [0.15, 0.2) is 54.6 Å². The number of anilines is 3. The number of ether oxygens (including phenoxy) is 1. The lowest BCUT2D eigenvalue weighted by molar-refractivity contribution is 0.101. The highest BCUT2D eigenvalue weighted by Crippen LogP contribution is 2.18. The van der Waals surface area contributed by atoms with Crippen LogP contribution in [0.5, 0.6) is 5.75 Å². The Bertz CT molecular complexity index is 938. The SMILES string of the molecule is COc1ccc(CCNc2nc(C)cc(Nc3ccc(C(C)=O)cc3)n2)cc1. The Morgan fingerprint density at radius 2 is 1.75 bits per heavy atom. The van der Waals surface area contributed by atoms with E-state index < -0.39 is 0 Å². The highest BCUT2D eigenvalue weighted by molar-refractivity contribution is 5.94. The summed E-state index contributed by atoms with van der Waals surface area (Å²) in [6, 6.07) is 17.2. The molecule has 2 N–H and O–H groups in total. The Labute approximate surface area is 165 Å². The van der Waals surface area contributed by atoms with Gasteiger partial charge in [0.05, 0.1) is 7.11 Å². The van der Waals surface area contributed by atoms with Crippen LogP contribution in [0.25, 0.3) is 0 Å². The van der Waals surface area contributed by atoms with Crippen LogP contribution < -0.4 is 15.4 Å². The summed E-state index contributed by atoms with van der Waals surface area (Å²) in [5, 5.41) is 6.53. The molecule has 6 nitrogen and oxygen atoms in total.